The highest BCUT2D eigenvalue weighted by molar-refractivity contribution is 7.91. The second-order valence-electron chi connectivity index (χ2n) is 6.50. The minimum Gasteiger partial charge on any atom is -0.381 e. The Kier molecular flexibility index (Phi) is 5.53. The zero-order valence-electron chi connectivity index (χ0n) is 14.3. The number of anilines is 2. The van der Waals surface area contributed by atoms with Crippen LogP contribution < -0.4 is 10.2 Å². The van der Waals surface area contributed by atoms with Crippen LogP contribution in [0.25, 0.3) is 0 Å². The zero-order chi connectivity index (χ0) is 17.9. The molecule has 1 unspecified atom stereocenters. The van der Waals surface area contributed by atoms with Gasteiger partial charge in [-0.3, -0.25) is 4.79 Å². The number of hydrogen-bond donors (Lipinski definition) is 1. The molecule has 1 amide bonds. The van der Waals surface area contributed by atoms with Gasteiger partial charge in [0.25, 0.3) is 0 Å². The molecule has 0 radical (unpaired) electrons. The molecule has 2 aliphatic rings. The third kappa shape index (κ3) is 4.46. The molecule has 0 bridgehead atoms. The van der Waals surface area contributed by atoms with Gasteiger partial charge in [-0.2, -0.15) is 0 Å². The maximum Gasteiger partial charge on any atom is 0.228 e. The number of carbonyl (C=O) groups is 1. The summed E-state index contributed by atoms with van der Waals surface area (Å²) < 4.78 is 28.7. The van der Waals surface area contributed by atoms with E-state index in [1.807, 2.05) is 11.8 Å². The zero-order valence-corrected chi connectivity index (χ0v) is 15.2. The second kappa shape index (κ2) is 7.65. The Morgan fingerprint density at radius 1 is 1.28 bits per heavy atom. The average Bonchev–Trinajstić information content (AvgIpc) is 2.97. The normalized spacial score (nSPS) is 23.3. The van der Waals surface area contributed by atoms with Crippen molar-refractivity contribution in [3.8, 4) is 0 Å². The average molecular weight is 368 g/mol. The van der Waals surface area contributed by atoms with Crippen molar-refractivity contribution in [1.29, 1.82) is 0 Å². The summed E-state index contributed by atoms with van der Waals surface area (Å²) in [5, 5.41) is 11.1. The summed E-state index contributed by atoms with van der Waals surface area (Å²) in [5.74, 6) is 1.32. The smallest absolute Gasteiger partial charge is 0.228 e. The minimum absolute atomic E-state index is 0.0499. The first-order valence-electron chi connectivity index (χ1n) is 8.68. The summed E-state index contributed by atoms with van der Waals surface area (Å²) in [6, 6.07) is 3.43. The van der Waals surface area contributed by atoms with Crippen LogP contribution in [0.3, 0.4) is 0 Å². The highest BCUT2D eigenvalue weighted by Gasteiger charge is 2.32. The highest BCUT2D eigenvalue weighted by atomic mass is 32.2. The van der Waals surface area contributed by atoms with Crippen molar-refractivity contribution in [3.63, 3.8) is 0 Å². The summed E-state index contributed by atoms with van der Waals surface area (Å²) in [5.41, 5.74) is 0. The molecule has 1 aromatic heterocycles. The molecule has 25 heavy (non-hydrogen) atoms. The SMILES string of the molecule is CCN(c1ccc(NC(=O)C2CCOCC2)nn1)C1CCS(=O)(=O)C1. The van der Waals surface area contributed by atoms with Crippen molar-refractivity contribution in [2.24, 2.45) is 5.92 Å². The Hall–Kier alpha value is -1.74. The summed E-state index contributed by atoms with van der Waals surface area (Å²) in [6.07, 6.45) is 2.05. The fourth-order valence-corrected chi connectivity index (χ4v) is 5.09. The van der Waals surface area contributed by atoms with Crippen molar-refractivity contribution >= 4 is 27.4 Å². The quantitative estimate of drug-likeness (QED) is 0.822. The fourth-order valence-electron chi connectivity index (χ4n) is 3.36. The molecule has 2 fully saturated rings. The summed E-state index contributed by atoms with van der Waals surface area (Å²) in [6.45, 7) is 3.84. The third-order valence-electron chi connectivity index (χ3n) is 4.78. The number of hydrogen-bond acceptors (Lipinski definition) is 7. The Morgan fingerprint density at radius 3 is 2.60 bits per heavy atom. The van der Waals surface area contributed by atoms with E-state index in [2.05, 4.69) is 15.5 Å². The maximum atomic E-state index is 12.2. The Bertz CT molecular complexity index is 701. The van der Waals surface area contributed by atoms with Gasteiger partial charge in [-0.1, -0.05) is 0 Å². The number of nitrogens with one attached hydrogen (secondary N) is 1. The van der Waals surface area contributed by atoms with Crippen LogP contribution in [0.5, 0.6) is 0 Å². The van der Waals surface area contributed by atoms with Crippen molar-refractivity contribution in [1.82, 2.24) is 10.2 Å². The first-order valence-corrected chi connectivity index (χ1v) is 10.5. The van der Waals surface area contributed by atoms with E-state index in [-0.39, 0.29) is 29.4 Å². The molecule has 3 rings (SSSR count). The molecule has 2 aliphatic heterocycles. The van der Waals surface area contributed by atoms with Gasteiger partial charge in [0.2, 0.25) is 5.91 Å². The largest absolute Gasteiger partial charge is 0.381 e. The predicted molar refractivity (Wildman–Crippen MR) is 94.3 cm³/mol. The number of carbonyl (C=O) groups excluding carboxylic acids is 1. The first-order chi connectivity index (χ1) is 12.0. The van der Waals surface area contributed by atoms with Gasteiger partial charge in [-0.15, -0.1) is 10.2 Å². The van der Waals surface area contributed by atoms with Crippen LogP contribution in [0, 0.1) is 5.92 Å². The number of nitrogens with zero attached hydrogens (tertiary/aromatic N) is 3. The van der Waals surface area contributed by atoms with E-state index < -0.39 is 9.84 Å². The van der Waals surface area contributed by atoms with Crippen LogP contribution >= 0.6 is 0 Å². The second-order valence-corrected chi connectivity index (χ2v) is 8.72. The van der Waals surface area contributed by atoms with Crippen molar-refractivity contribution in [2.45, 2.75) is 32.2 Å². The number of ether oxygens (including phenoxy) is 1. The lowest BCUT2D eigenvalue weighted by molar-refractivity contribution is -0.122. The lowest BCUT2D eigenvalue weighted by Gasteiger charge is -2.27. The van der Waals surface area contributed by atoms with Gasteiger partial charge in [0.05, 0.1) is 11.5 Å². The monoisotopic (exact) mass is 368 g/mol. The summed E-state index contributed by atoms with van der Waals surface area (Å²) >= 11 is 0. The van der Waals surface area contributed by atoms with Gasteiger partial charge >= 0.3 is 0 Å². The van der Waals surface area contributed by atoms with Crippen molar-refractivity contribution in [2.75, 3.05) is 41.5 Å². The summed E-state index contributed by atoms with van der Waals surface area (Å²) in [4.78, 5) is 14.2. The van der Waals surface area contributed by atoms with E-state index in [0.29, 0.717) is 37.8 Å². The molecule has 1 N–H and O–H groups in total. The van der Waals surface area contributed by atoms with Gasteiger partial charge < -0.3 is 15.0 Å². The molecule has 0 aromatic carbocycles. The molecule has 2 saturated heterocycles. The fraction of sp³-hybridized carbons (Fsp3) is 0.688. The summed E-state index contributed by atoms with van der Waals surface area (Å²) in [7, 11) is -2.95. The molecular formula is C16H24N4O4S. The molecule has 138 valence electrons. The minimum atomic E-state index is -2.95. The van der Waals surface area contributed by atoms with E-state index in [0.717, 1.165) is 12.8 Å². The standard InChI is InChI=1S/C16H24N4O4S/c1-2-20(13-7-10-25(22,23)11-13)15-4-3-14(18-19-15)17-16(21)12-5-8-24-9-6-12/h3-4,12-13H,2,5-11H2,1H3,(H,17,18,21). The third-order valence-corrected chi connectivity index (χ3v) is 6.53. The van der Waals surface area contributed by atoms with Crippen molar-refractivity contribution < 1.29 is 17.9 Å². The van der Waals surface area contributed by atoms with Gasteiger partial charge in [-0.25, -0.2) is 8.42 Å². The van der Waals surface area contributed by atoms with Crippen molar-refractivity contribution in [3.05, 3.63) is 12.1 Å². The molecule has 0 saturated carbocycles. The van der Waals surface area contributed by atoms with Gasteiger partial charge in [0, 0.05) is 31.7 Å². The van der Waals surface area contributed by atoms with Crippen LogP contribution in [-0.4, -0.2) is 61.8 Å². The van der Waals surface area contributed by atoms with E-state index >= 15 is 0 Å². The molecule has 1 aromatic rings. The van der Waals surface area contributed by atoms with E-state index in [4.69, 9.17) is 4.74 Å². The van der Waals surface area contributed by atoms with Crippen LogP contribution in [0.1, 0.15) is 26.2 Å². The predicted octanol–water partition coefficient (Wildman–Crippen LogP) is 0.855. The Balaban J connectivity index is 1.63. The topological polar surface area (TPSA) is 101 Å². The van der Waals surface area contributed by atoms with Crippen LogP contribution in [0.2, 0.25) is 0 Å². The molecule has 0 spiro atoms. The number of rotatable bonds is 5. The maximum absolute atomic E-state index is 12.2. The van der Waals surface area contributed by atoms with Crippen LogP contribution in [0.4, 0.5) is 11.6 Å². The highest BCUT2D eigenvalue weighted by Crippen LogP contribution is 2.23. The van der Waals surface area contributed by atoms with E-state index in [1.165, 1.54) is 0 Å². The molecule has 1 atom stereocenters. The van der Waals surface area contributed by atoms with Crippen LogP contribution in [0.15, 0.2) is 12.1 Å². The first kappa shape index (κ1) is 18.1. The molecule has 0 aliphatic carbocycles. The van der Waals surface area contributed by atoms with Gasteiger partial charge in [-0.05, 0) is 38.3 Å². The van der Waals surface area contributed by atoms with E-state index in [9.17, 15) is 13.2 Å². The lowest BCUT2D eigenvalue weighted by atomic mass is 9.99. The van der Waals surface area contributed by atoms with E-state index in [1.54, 1.807) is 12.1 Å². The molecule has 9 heteroatoms. The molecule has 8 nitrogen and oxygen atoms in total. The number of sulfone groups is 1. The Morgan fingerprint density at radius 2 is 2.04 bits per heavy atom. The number of amides is 1. The van der Waals surface area contributed by atoms with Gasteiger partial charge in [0.15, 0.2) is 21.5 Å². The molecule has 3 heterocycles. The molecular weight excluding hydrogens is 344 g/mol. The lowest BCUT2D eigenvalue weighted by Crippen LogP contribution is -2.37. The Labute approximate surface area is 147 Å². The van der Waals surface area contributed by atoms with Crippen LogP contribution in [-0.2, 0) is 19.4 Å². The number of aromatic nitrogens is 2. The van der Waals surface area contributed by atoms with Gasteiger partial charge in [0.1, 0.15) is 0 Å².